The number of rotatable bonds is 12. The highest BCUT2D eigenvalue weighted by atomic mass is 16.5. The molecule has 0 saturated carbocycles. The Bertz CT molecular complexity index is 1220. The Hall–Kier alpha value is -4.05. The molecule has 3 aromatic rings. The molecule has 1 aromatic heterocycles. The average Bonchev–Trinajstić information content (AvgIpc) is 2.86. The first-order valence-corrected chi connectivity index (χ1v) is 11.2. The van der Waals surface area contributed by atoms with E-state index in [9.17, 15) is 14.4 Å². The van der Waals surface area contributed by atoms with Crippen molar-refractivity contribution in [3.63, 3.8) is 0 Å². The van der Waals surface area contributed by atoms with Crippen molar-refractivity contribution >= 4 is 17.4 Å². The van der Waals surface area contributed by atoms with Gasteiger partial charge in [-0.2, -0.15) is 0 Å². The number of H-pyrrole nitrogens is 1. The lowest BCUT2D eigenvalue weighted by Crippen LogP contribution is -2.41. The molecule has 2 aromatic carbocycles. The van der Waals surface area contributed by atoms with Crippen LogP contribution in [0.1, 0.15) is 18.4 Å². The molecule has 3 rings (SSSR count). The number of aromatic amines is 1. The molecule has 0 aliphatic carbocycles. The van der Waals surface area contributed by atoms with Gasteiger partial charge in [0.2, 0.25) is 5.91 Å². The zero-order valence-corrected chi connectivity index (χ0v) is 19.9. The molecule has 0 unspecified atom stereocenters. The molecule has 3 N–H and O–H groups in total. The number of nitrogens with zero attached hydrogens (tertiary/aromatic N) is 2. The van der Waals surface area contributed by atoms with Crippen LogP contribution in [-0.4, -0.2) is 42.9 Å². The lowest BCUT2D eigenvalue weighted by molar-refractivity contribution is -0.119. The summed E-state index contributed by atoms with van der Waals surface area (Å²) in [5.41, 5.74) is 5.59. The van der Waals surface area contributed by atoms with Gasteiger partial charge >= 0.3 is 5.69 Å². The van der Waals surface area contributed by atoms with Gasteiger partial charge in [-0.1, -0.05) is 30.3 Å². The van der Waals surface area contributed by atoms with Gasteiger partial charge in [-0.25, -0.2) is 4.79 Å². The number of carbonyl (C=O) groups is 1. The third-order valence-electron chi connectivity index (χ3n) is 5.35. The zero-order chi connectivity index (χ0) is 25.2. The maximum atomic E-state index is 13.3. The molecule has 186 valence electrons. The van der Waals surface area contributed by atoms with E-state index in [4.69, 9.17) is 19.9 Å². The van der Waals surface area contributed by atoms with Gasteiger partial charge in [-0.15, -0.1) is 0 Å². The monoisotopic (exact) mass is 482 g/mol. The molecule has 0 saturated heterocycles. The van der Waals surface area contributed by atoms with E-state index in [0.29, 0.717) is 18.8 Å². The number of hydrogen-bond acceptors (Lipinski definition) is 7. The largest absolute Gasteiger partial charge is 0.497 e. The van der Waals surface area contributed by atoms with Gasteiger partial charge in [-0.05, 0) is 36.2 Å². The SMILES string of the molecule is COCCn1c(N)c(N(Cc2ccccc2)C(=O)CCCOc2ccc(OC)cc2)c(=O)[nH]c1=O. The number of methoxy groups -OCH3 is 2. The summed E-state index contributed by atoms with van der Waals surface area (Å²) in [6.07, 6.45) is 0.524. The first-order valence-electron chi connectivity index (χ1n) is 11.2. The summed E-state index contributed by atoms with van der Waals surface area (Å²) >= 11 is 0. The van der Waals surface area contributed by atoms with Gasteiger partial charge in [0.05, 0.1) is 33.4 Å². The van der Waals surface area contributed by atoms with E-state index in [2.05, 4.69) is 4.98 Å². The van der Waals surface area contributed by atoms with E-state index in [1.54, 1.807) is 31.4 Å². The van der Waals surface area contributed by atoms with Gasteiger partial charge in [0.15, 0.2) is 5.69 Å². The van der Waals surface area contributed by atoms with Gasteiger partial charge in [-0.3, -0.25) is 19.1 Å². The van der Waals surface area contributed by atoms with Crippen LogP contribution in [0.2, 0.25) is 0 Å². The lowest BCUT2D eigenvalue weighted by Gasteiger charge is -2.25. The summed E-state index contributed by atoms with van der Waals surface area (Å²) < 4.78 is 17.1. The number of benzene rings is 2. The number of amides is 1. The quantitative estimate of drug-likeness (QED) is 0.379. The van der Waals surface area contributed by atoms with E-state index < -0.39 is 11.2 Å². The fourth-order valence-corrected chi connectivity index (χ4v) is 3.52. The minimum atomic E-state index is -0.722. The molecule has 35 heavy (non-hydrogen) atoms. The Morgan fingerprint density at radius 3 is 2.34 bits per heavy atom. The summed E-state index contributed by atoms with van der Waals surface area (Å²) in [5, 5.41) is 0. The third kappa shape index (κ3) is 6.73. The number of nitrogen functional groups attached to an aromatic ring is 1. The van der Waals surface area contributed by atoms with Crippen LogP contribution in [0.4, 0.5) is 11.5 Å². The van der Waals surface area contributed by atoms with Crippen molar-refractivity contribution in [1.82, 2.24) is 9.55 Å². The minimum Gasteiger partial charge on any atom is -0.497 e. The summed E-state index contributed by atoms with van der Waals surface area (Å²) in [6.45, 7) is 0.768. The normalized spacial score (nSPS) is 10.7. The van der Waals surface area contributed by atoms with Gasteiger partial charge < -0.3 is 24.8 Å². The predicted octanol–water partition coefficient (Wildman–Crippen LogP) is 2.17. The highest BCUT2D eigenvalue weighted by molar-refractivity contribution is 5.95. The predicted molar refractivity (Wildman–Crippen MR) is 133 cm³/mol. The Balaban J connectivity index is 1.80. The Labute approximate surface area is 202 Å². The minimum absolute atomic E-state index is 0.0642. The summed E-state index contributed by atoms with van der Waals surface area (Å²) in [4.78, 5) is 42.0. The van der Waals surface area contributed by atoms with Gasteiger partial charge in [0.25, 0.3) is 5.56 Å². The first kappa shape index (κ1) is 25.6. The van der Waals surface area contributed by atoms with Crippen molar-refractivity contribution in [2.45, 2.75) is 25.9 Å². The fraction of sp³-hybridized carbons (Fsp3) is 0.320. The van der Waals surface area contributed by atoms with Crippen LogP contribution < -0.4 is 31.4 Å². The third-order valence-corrected chi connectivity index (χ3v) is 5.35. The van der Waals surface area contributed by atoms with Crippen molar-refractivity contribution in [2.24, 2.45) is 0 Å². The molecule has 0 fully saturated rings. The van der Waals surface area contributed by atoms with E-state index in [-0.39, 0.29) is 43.5 Å². The standard InChI is InChI=1S/C25H30N4O6/c1-33-16-14-28-23(26)22(24(31)27-25(28)32)29(17-18-7-4-3-5-8-18)21(30)9-6-15-35-20-12-10-19(34-2)11-13-20/h3-5,7-8,10-13H,6,9,14-17,26H2,1-2H3,(H,27,31,32). The molecule has 10 nitrogen and oxygen atoms in total. The molecule has 10 heteroatoms. The number of anilines is 2. The zero-order valence-electron chi connectivity index (χ0n) is 19.9. The number of nitrogens with one attached hydrogen (secondary N) is 1. The van der Waals surface area contributed by atoms with Crippen LogP contribution in [0.15, 0.2) is 64.2 Å². The number of hydrogen-bond donors (Lipinski definition) is 2. The molecule has 0 atom stereocenters. The summed E-state index contributed by atoms with van der Waals surface area (Å²) in [7, 11) is 3.08. The van der Waals surface area contributed by atoms with Crippen LogP contribution in [-0.2, 0) is 22.6 Å². The number of nitrogens with two attached hydrogens (primary N) is 1. The van der Waals surface area contributed by atoms with Crippen molar-refractivity contribution < 1.29 is 19.0 Å². The molecule has 0 bridgehead atoms. The van der Waals surface area contributed by atoms with Crippen LogP contribution in [0.25, 0.3) is 0 Å². The molecule has 0 spiro atoms. The van der Waals surface area contributed by atoms with Crippen LogP contribution in [0, 0.1) is 0 Å². The van der Waals surface area contributed by atoms with Gasteiger partial charge in [0, 0.05) is 13.5 Å². The number of carbonyl (C=O) groups excluding carboxylic acids is 1. The fourth-order valence-electron chi connectivity index (χ4n) is 3.52. The lowest BCUT2D eigenvalue weighted by atomic mass is 10.2. The summed E-state index contributed by atoms with van der Waals surface area (Å²) in [6, 6.07) is 16.4. The first-order chi connectivity index (χ1) is 16.9. The number of aromatic nitrogens is 2. The van der Waals surface area contributed by atoms with Crippen molar-refractivity contribution in [3.8, 4) is 11.5 Å². The van der Waals surface area contributed by atoms with E-state index in [1.165, 1.54) is 16.6 Å². The van der Waals surface area contributed by atoms with Crippen LogP contribution in [0.5, 0.6) is 11.5 Å². The highest BCUT2D eigenvalue weighted by Crippen LogP contribution is 2.21. The Morgan fingerprint density at radius 2 is 1.69 bits per heavy atom. The molecular formula is C25H30N4O6. The Kier molecular flexibility index (Phi) is 9.08. The molecular weight excluding hydrogens is 452 g/mol. The second kappa shape index (κ2) is 12.4. The smallest absolute Gasteiger partial charge is 0.330 e. The maximum absolute atomic E-state index is 13.3. The topological polar surface area (TPSA) is 129 Å². The van der Waals surface area contributed by atoms with E-state index in [1.807, 2.05) is 30.3 Å². The molecule has 0 aliphatic rings. The molecule has 0 radical (unpaired) electrons. The summed E-state index contributed by atoms with van der Waals surface area (Å²) in [5.74, 6) is 0.972. The second-order valence-electron chi connectivity index (χ2n) is 7.73. The molecule has 0 aliphatic heterocycles. The highest BCUT2D eigenvalue weighted by Gasteiger charge is 2.24. The second-order valence-corrected chi connectivity index (χ2v) is 7.73. The molecule has 1 heterocycles. The maximum Gasteiger partial charge on any atom is 0.330 e. The van der Waals surface area contributed by atoms with Crippen molar-refractivity contribution in [3.05, 3.63) is 81.0 Å². The van der Waals surface area contributed by atoms with Crippen molar-refractivity contribution in [1.29, 1.82) is 0 Å². The van der Waals surface area contributed by atoms with Crippen LogP contribution >= 0.6 is 0 Å². The van der Waals surface area contributed by atoms with Gasteiger partial charge in [0.1, 0.15) is 17.3 Å². The number of ether oxygens (including phenoxy) is 3. The van der Waals surface area contributed by atoms with Crippen LogP contribution in [0.3, 0.4) is 0 Å². The van der Waals surface area contributed by atoms with E-state index in [0.717, 1.165) is 11.3 Å². The van der Waals surface area contributed by atoms with Crippen molar-refractivity contribution in [2.75, 3.05) is 38.1 Å². The Morgan fingerprint density at radius 1 is 1.00 bits per heavy atom. The average molecular weight is 483 g/mol. The molecule has 1 amide bonds. The van der Waals surface area contributed by atoms with E-state index >= 15 is 0 Å².